The molecule has 0 radical (unpaired) electrons. The van der Waals surface area contributed by atoms with E-state index in [2.05, 4.69) is 6.92 Å². The Morgan fingerprint density at radius 2 is 1.87 bits per heavy atom. The second-order valence-electron chi connectivity index (χ2n) is 3.69. The molecule has 0 saturated heterocycles. The number of aldehydes is 1. The highest BCUT2D eigenvalue weighted by molar-refractivity contribution is 5.69. The van der Waals surface area contributed by atoms with Crippen LogP contribution in [0.15, 0.2) is 0 Å². The smallest absolute Gasteiger partial charge is 0.305 e. The van der Waals surface area contributed by atoms with Crippen molar-refractivity contribution in [3.8, 4) is 0 Å². The van der Waals surface area contributed by atoms with E-state index < -0.39 is 0 Å². The Morgan fingerprint density at radius 1 is 1.13 bits per heavy atom. The minimum Gasteiger partial charge on any atom is -0.466 e. The van der Waals surface area contributed by atoms with Crippen LogP contribution in [0.2, 0.25) is 0 Å². The van der Waals surface area contributed by atoms with Crippen LogP contribution in [-0.4, -0.2) is 18.9 Å². The molecule has 0 fully saturated rings. The first-order valence-corrected chi connectivity index (χ1v) is 5.90. The Hall–Kier alpha value is -0.860. The molecule has 0 saturated carbocycles. The summed E-state index contributed by atoms with van der Waals surface area (Å²) in [5, 5.41) is 0. The molecular formula is C12H22O3. The van der Waals surface area contributed by atoms with E-state index in [0.717, 1.165) is 44.8 Å². The van der Waals surface area contributed by atoms with Gasteiger partial charge < -0.3 is 9.53 Å². The van der Waals surface area contributed by atoms with E-state index in [1.54, 1.807) is 0 Å². The summed E-state index contributed by atoms with van der Waals surface area (Å²) in [5.41, 5.74) is 0. The van der Waals surface area contributed by atoms with Crippen molar-refractivity contribution in [3.63, 3.8) is 0 Å². The summed E-state index contributed by atoms with van der Waals surface area (Å²) < 4.78 is 5.02. The molecule has 0 amide bonds. The first-order valence-electron chi connectivity index (χ1n) is 5.90. The average Bonchev–Trinajstić information content (AvgIpc) is 2.23. The monoisotopic (exact) mass is 214 g/mol. The van der Waals surface area contributed by atoms with Crippen molar-refractivity contribution in [2.75, 3.05) is 6.61 Å². The second kappa shape index (κ2) is 11.2. The molecule has 0 unspecified atom stereocenters. The number of carbonyl (C=O) groups excluding carboxylic acids is 2. The fraction of sp³-hybridized carbons (Fsp3) is 0.833. The zero-order chi connectivity index (χ0) is 11.4. The van der Waals surface area contributed by atoms with Crippen molar-refractivity contribution in [1.82, 2.24) is 0 Å². The third kappa shape index (κ3) is 11.1. The minimum atomic E-state index is -0.0844. The van der Waals surface area contributed by atoms with Crippen LogP contribution in [0, 0.1) is 0 Å². The zero-order valence-corrected chi connectivity index (χ0v) is 9.67. The van der Waals surface area contributed by atoms with Crippen LogP contribution in [0.5, 0.6) is 0 Å². The SMILES string of the molecule is CCCCOC(=O)CCCCCCC=O. The van der Waals surface area contributed by atoms with Gasteiger partial charge in [-0.05, 0) is 19.3 Å². The summed E-state index contributed by atoms with van der Waals surface area (Å²) in [7, 11) is 0. The summed E-state index contributed by atoms with van der Waals surface area (Å²) in [6, 6.07) is 0. The predicted molar refractivity (Wildman–Crippen MR) is 59.6 cm³/mol. The van der Waals surface area contributed by atoms with Crippen LogP contribution in [-0.2, 0) is 14.3 Å². The Morgan fingerprint density at radius 3 is 2.53 bits per heavy atom. The van der Waals surface area contributed by atoms with Gasteiger partial charge in [-0.2, -0.15) is 0 Å². The van der Waals surface area contributed by atoms with E-state index in [4.69, 9.17) is 4.74 Å². The Kier molecular flexibility index (Phi) is 10.6. The van der Waals surface area contributed by atoms with Crippen LogP contribution >= 0.6 is 0 Å². The van der Waals surface area contributed by atoms with E-state index in [1.165, 1.54) is 0 Å². The quantitative estimate of drug-likeness (QED) is 0.319. The van der Waals surface area contributed by atoms with Crippen molar-refractivity contribution in [2.24, 2.45) is 0 Å². The number of rotatable bonds is 10. The summed E-state index contributed by atoms with van der Waals surface area (Å²) in [6.45, 7) is 2.63. The van der Waals surface area contributed by atoms with Gasteiger partial charge in [-0.3, -0.25) is 4.79 Å². The molecule has 3 nitrogen and oxygen atoms in total. The predicted octanol–water partition coefficient (Wildman–Crippen LogP) is 2.87. The maximum absolute atomic E-state index is 11.1. The van der Waals surface area contributed by atoms with Gasteiger partial charge in [-0.25, -0.2) is 0 Å². The number of hydrogen-bond donors (Lipinski definition) is 0. The molecule has 0 aliphatic heterocycles. The van der Waals surface area contributed by atoms with Crippen LogP contribution in [0.4, 0.5) is 0 Å². The Bertz CT molecular complexity index is 166. The van der Waals surface area contributed by atoms with Crippen molar-refractivity contribution < 1.29 is 14.3 Å². The van der Waals surface area contributed by atoms with E-state index in [-0.39, 0.29) is 5.97 Å². The summed E-state index contributed by atoms with van der Waals surface area (Å²) >= 11 is 0. The molecule has 0 bridgehead atoms. The maximum atomic E-state index is 11.1. The zero-order valence-electron chi connectivity index (χ0n) is 9.67. The molecule has 0 aliphatic carbocycles. The lowest BCUT2D eigenvalue weighted by Gasteiger charge is -2.03. The first kappa shape index (κ1) is 14.1. The van der Waals surface area contributed by atoms with Crippen LogP contribution < -0.4 is 0 Å². The number of esters is 1. The van der Waals surface area contributed by atoms with Crippen molar-refractivity contribution in [1.29, 1.82) is 0 Å². The van der Waals surface area contributed by atoms with Gasteiger partial charge in [0.1, 0.15) is 6.29 Å². The van der Waals surface area contributed by atoms with E-state index in [0.29, 0.717) is 19.4 Å². The molecular weight excluding hydrogens is 192 g/mol. The van der Waals surface area contributed by atoms with E-state index in [1.807, 2.05) is 0 Å². The number of unbranched alkanes of at least 4 members (excludes halogenated alkanes) is 5. The molecule has 15 heavy (non-hydrogen) atoms. The molecule has 0 aromatic rings. The number of carbonyl (C=O) groups is 2. The number of hydrogen-bond acceptors (Lipinski definition) is 3. The third-order valence-corrected chi connectivity index (χ3v) is 2.21. The normalized spacial score (nSPS) is 9.93. The standard InChI is InChI=1S/C12H22O3/c1-2-3-11-15-12(14)9-7-5-4-6-8-10-13/h10H,2-9,11H2,1H3. The maximum Gasteiger partial charge on any atom is 0.305 e. The van der Waals surface area contributed by atoms with Crippen LogP contribution in [0.3, 0.4) is 0 Å². The second-order valence-corrected chi connectivity index (χ2v) is 3.69. The molecule has 0 rings (SSSR count). The third-order valence-electron chi connectivity index (χ3n) is 2.21. The highest BCUT2D eigenvalue weighted by atomic mass is 16.5. The largest absolute Gasteiger partial charge is 0.466 e. The molecule has 0 N–H and O–H groups in total. The Balaban J connectivity index is 3.13. The van der Waals surface area contributed by atoms with Gasteiger partial charge in [0.15, 0.2) is 0 Å². The molecule has 0 spiro atoms. The average molecular weight is 214 g/mol. The summed E-state index contributed by atoms with van der Waals surface area (Å²) in [4.78, 5) is 21.1. The Labute approximate surface area is 92.2 Å². The fourth-order valence-electron chi connectivity index (χ4n) is 1.25. The van der Waals surface area contributed by atoms with Crippen molar-refractivity contribution in [2.45, 2.75) is 58.3 Å². The lowest BCUT2D eigenvalue weighted by molar-refractivity contribution is -0.143. The topological polar surface area (TPSA) is 43.4 Å². The summed E-state index contributed by atoms with van der Waals surface area (Å²) in [6.07, 6.45) is 7.96. The van der Waals surface area contributed by atoms with Gasteiger partial charge in [0.2, 0.25) is 0 Å². The highest BCUT2D eigenvalue weighted by Crippen LogP contribution is 2.05. The lowest BCUT2D eigenvalue weighted by Crippen LogP contribution is -2.05. The van der Waals surface area contributed by atoms with Gasteiger partial charge in [-0.15, -0.1) is 0 Å². The fourth-order valence-corrected chi connectivity index (χ4v) is 1.25. The summed E-state index contributed by atoms with van der Waals surface area (Å²) in [5.74, 6) is -0.0844. The van der Waals surface area contributed by atoms with Gasteiger partial charge in [0.25, 0.3) is 0 Å². The molecule has 3 heteroatoms. The minimum absolute atomic E-state index is 0.0844. The number of ether oxygens (including phenoxy) is 1. The molecule has 0 atom stereocenters. The molecule has 0 aromatic heterocycles. The molecule has 88 valence electrons. The van der Waals surface area contributed by atoms with E-state index >= 15 is 0 Å². The van der Waals surface area contributed by atoms with Gasteiger partial charge in [0.05, 0.1) is 6.61 Å². The molecule has 0 heterocycles. The van der Waals surface area contributed by atoms with Gasteiger partial charge >= 0.3 is 5.97 Å². The van der Waals surface area contributed by atoms with Crippen molar-refractivity contribution in [3.05, 3.63) is 0 Å². The van der Waals surface area contributed by atoms with Crippen LogP contribution in [0.1, 0.15) is 58.3 Å². The highest BCUT2D eigenvalue weighted by Gasteiger charge is 2.01. The van der Waals surface area contributed by atoms with Crippen LogP contribution in [0.25, 0.3) is 0 Å². The molecule has 0 aliphatic rings. The van der Waals surface area contributed by atoms with Gasteiger partial charge in [-0.1, -0.05) is 26.2 Å². The lowest BCUT2D eigenvalue weighted by atomic mass is 10.1. The first-order chi connectivity index (χ1) is 7.31. The van der Waals surface area contributed by atoms with Gasteiger partial charge in [0, 0.05) is 12.8 Å². The van der Waals surface area contributed by atoms with E-state index in [9.17, 15) is 9.59 Å². The van der Waals surface area contributed by atoms with Crippen molar-refractivity contribution >= 4 is 12.3 Å². The molecule has 0 aromatic carbocycles.